The lowest BCUT2D eigenvalue weighted by molar-refractivity contribution is 0.164. The van der Waals surface area contributed by atoms with Crippen molar-refractivity contribution < 1.29 is 8.83 Å². The maximum atomic E-state index is 5.72. The van der Waals surface area contributed by atoms with Crippen molar-refractivity contribution in [2.75, 3.05) is 26.7 Å². The van der Waals surface area contributed by atoms with E-state index in [9.17, 15) is 0 Å². The van der Waals surface area contributed by atoms with Gasteiger partial charge in [-0.25, -0.2) is 4.98 Å². The van der Waals surface area contributed by atoms with E-state index < -0.39 is 0 Å². The standard InChI is InChI=1S/C21H33N5O2.HI/c1-14-6-7-19(27-14)16(3)25-21(22-5)23-12-18-8-10-26(11-9-18)13-20-24-15(2)17(4)28-20;/h6-7,16,18H,8-13H2,1-5H3,(H2,22,23,25);1H. The number of likely N-dealkylation sites (tertiary alicyclic amines) is 1. The zero-order valence-corrected chi connectivity index (χ0v) is 20.4. The molecule has 0 bridgehead atoms. The number of guanidine groups is 1. The lowest BCUT2D eigenvalue weighted by Crippen LogP contribution is -2.43. The minimum atomic E-state index is 0. The maximum absolute atomic E-state index is 5.72. The maximum Gasteiger partial charge on any atom is 0.208 e. The van der Waals surface area contributed by atoms with Crippen LogP contribution in [0.15, 0.2) is 26.0 Å². The molecule has 0 aliphatic carbocycles. The Balaban J connectivity index is 0.00000300. The van der Waals surface area contributed by atoms with Crippen LogP contribution in [0.1, 0.15) is 54.7 Å². The molecule has 1 fully saturated rings. The zero-order valence-electron chi connectivity index (χ0n) is 18.1. The zero-order chi connectivity index (χ0) is 20.1. The van der Waals surface area contributed by atoms with Crippen molar-refractivity contribution in [3.63, 3.8) is 0 Å². The number of piperidine rings is 1. The monoisotopic (exact) mass is 515 g/mol. The first kappa shape index (κ1) is 23.7. The number of hydrogen-bond donors (Lipinski definition) is 2. The fraction of sp³-hybridized carbons (Fsp3) is 0.619. The van der Waals surface area contributed by atoms with Gasteiger partial charge in [0.25, 0.3) is 0 Å². The second-order valence-electron chi connectivity index (χ2n) is 7.74. The van der Waals surface area contributed by atoms with E-state index in [1.165, 1.54) is 0 Å². The van der Waals surface area contributed by atoms with E-state index in [0.717, 1.165) is 73.8 Å². The van der Waals surface area contributed by atoms with Gasteiger partial charge in [0.1, 0.15) is 17.3 Å². The predicted molar refractivity (Wildman–Crippen MR) is 126 cm³/mol. The second kappa shape index (κ2) is 11.0. The summed E-state index contributed by atoms with van der Waals surface area (Å²) in [7, 11) is 1.80. The Morgan fingerprint density at radius 2 is 1.97 bits per heavy atom. The Labute approximate surface area is 190 Å². The molecule has 2 aromatic heterocycles. The van der Waals surface area contributed by atoms with Crippen molar-refractivity contribution in [2.24, 2.45) is 10.9 Å². The molecule has 0 aromatic carbocycles. The van der Waals surface area contributed by atoms with Gasteiger partial charge in [0.15, 0.2) is 5.96 Å². The molecule has 0 radical (unpaired) electrons. The molecule has 1 saturated heterocycles. The first-order valence-corrected chi connectivity index (χ1v) is 10.1. The van der Waals surface area contributed by atoms with E-state index in [1.807, 2.05) is 32.9 Å². The lowest BCUT2D eigenvalue weighted by atomic mass is 9.97. The molecule has 1 aliphatic heterocycles. The number of nitrogens with zero attached hydrogens (tertiary/aromatic N) is 3. The van der Waals surface area contributed by atoms with Crippen LogP contribution in [0.5, 0.6) is 0 Å². The van der Waals surface area contributed by atoms with Crippen molar-refractivity contribution >= 4 is 29.9 Å². The van der Waals surface area contributed by atoms with Crippen LogP contribution in [0.3, 0.4) is 0 Å². The van der Waals surface area contributed by atoms with Gasteiger partial charge < -0.3 is 19.5 Å². The fourth-order valence-electron chi connectivity index (χ4n) is 3.54. The third-order valence-corrected chi connectivity index (χ3v) is 5.46. The second-order valence-corrected chi connectivity index (χ2v) is 7.74. The van der Waals surface area contributed by atoms with Gasteiger partial charge >= 0.3 is 0 Å². The van der Waals surface area contributed by atoms with E-state index in [0.29, 0.717) is 5.92 Å². The molecule has 162 valence electrons. The predicted octanol–water partition coefficient (Wildman–Crippen LogP) is 3.95. The van der Waals surface area contributed by atoms with Crippen LogP contribution in [0, 0.1) is 26.7 Å². The highest BCUT2D eigenvalue weighted by Crippen LogP contribution is 2.19. The Morgan fingerprint density at radius 3 is 2.52 bits per heavy atom. The summed E-state index contributed by atoms with van der Waals surface area (Å²) >= 11 is 0. The minimum absolute atomic E-state index is 0. The van der Waals surface area contributed by atoms with E-state index in [1.54, 1.807) is 7.05 Å². The Morgan fingerprint density at radius 1 is 1.24 bits per heavy atom. The first-order valence-electron chi connectivity index (χ1n) is 10.1. The molecule has 29 heavy (non-hydrogen) atoms. The number of nitrogens with one attached hydrogen (secondary N) is 2. The van der Waals surface area contributed by atoms with Crippen LogP contribution in [0.2, 0.25) is 0 Å². The van der Waals surface area contributed by atoms with Gasteiger partial charge in [-0.05, 0) is 71.7 Å². The molecule has 0 spiro atoms. The van der Waals surface area contributed by atoms with E-state index in [2.05, 4.69) is 32.4 Å². The van der Waals surface area contributed by atoms with Gasteiger partial charge in [0.05, 0.1) is 18.3 Å². The highest BCUT2D eigenvalue weighted by Gasteiger charge is 2.21. The number of halogens is 1. The number of aromatic nitrogens is 1. The van der Waals surface area contributed by atoms with Gasteiger partial charge in [-0.2, -0.15) is 0 Å². The van der Waals surface area contributed by atoms with Crippen LogP contribution in [0.4, 0.5) is 0 Å². The van der Waals surface area contributed by atoms with Crippen LogP contribution in [0.25, 0.3) is 0 Å². The van der Waals surface area contributed by atoms with Gasteiger partial charge in [-0.15, -0.1) is 24.0 Å². The largest absolute Gasteiger partial charge is 0.464 e. The Hall–Kier alpha value is -1.55. The lowest BCUT2D eigenvalue weighted by Gasteiger charge is -2.31. The highest BCUT2D eigenvalue weighted by molar-refractivity contribution is 14.0. The number of aryl methyl sites for hydroxylation is 3. The van der Waals surface area contributed by atoms with Crippen LogP contribution in [-0.4, -0.2) is 42.5 Å². The first-order chi connectivity index (χ1) is 13.4. The molecule has 0 amide bonds. The number of aliphatic imine (C=N–C) groups is 1. The summed E-state index contributed by atoms with van der Waals surface area (Å²) in [6.07, 6.45) is 2.32. The number of oxazole rings is 1. The molecule has 1 atom stereocenters. The number of furan rings is 1. The smallest absolute Gasteiger partial charge is 0.208 e. The summed E-state index contributed by atoms with van der Waals surface area (Å²) in [5.74, 6) is 5.06. The summed E-state index contributed by atoms with van der Waals surface area (Å²) < 4.78 is 11.4. The topological polar surface area (TPSA) is 78.8 Å². The molecule has 1 aliphatic rings. The average Bonchev–Trinajstić information content (AvgIpc) is 3.25. The summed E-state index contributed by atoms with van der Waals surface area (Å²) in [5.41, 5.74) is 0.993. The third-order valence-electron chi connectivity index (χ3n) is 5.46. The van der Waals surface area contributed by atoms with Crippen LogP contribution in [-0.2, 0) is 6.54 Å². The van der Waals surface area contributed by atoms with Crippen LogP contribution >= 0.6 is 24.0 Å². The summed E-state index contributed by atoms with van der Waals surface area (Å²) in [5, 5.41) is 6.87. The van der Waals surface area contributed by atoms with E-state index in [4.69, 9.17) is 8.83 Å². The normalized spacial score (nSPS) is 17.1. The molecule has 7 nitrogen and oxygen atoms in total. The Kier molecular flexibility index (Phi) is 9.01. The molecular formula is C21H34IN5O2. The van der Waals surface area contributed by atoms with Gasteiger partial charge in [-0.3, -0.25) is 9.89 Å². The molecular weight excluding hydrogens is 481 g/mol. The fourth-order valence-corrected chi connectivity index (χ4v) is 3.54. The molecule has 2 N–H and O–H groups in total. The quantitative estimate of drug-likeness (QED) is 0.345. The van der Waals surface area contributed by atoms with Gasteiger partial charge in [0, 0.05) is 13.6 Å². The minimum Gasteiger partial charge on any atom is -0.464 e. The van der Waals surface area contributed by atoms with Crippen molar-refractivity contribution in [3.8, 4) is 0 Å². The van der Waals surface area contributed by atoms with Gasteiger partial charge in [0.2, 0.25) is 5.89 Å². The molecule has 3 heterocycles. The summed E-state index contributed by atoms with van der Waals surface area (Å²) in [6.45, 7) is 11.9. The summed E-state index contributed by atoms with van der Waals surface area (Å²) in [4.78, 5) is 11.3. The summed E-state index contributed by atoms with van der Waals surface area (Å²) in [6, 6.07) is 4.07. The van der Waals surface area contributed by atoms with Crippen molar-refractivity contribution in [2.45, 2.75) is 53.1 Å². The Bertz CT molecular complexity index is 773. The molecule has 8 heteroatoms. The average molecular weight is 515 g/mol. The SMILES string of the molecule is CN=C(NCC1CCN(Cc2nc(C)c(C)o2)CC1)NC(C)c1ccc(C)o1.I. The molecule has 3 rings (SSSR count). The third kappa shape index (κ3) is 6.74. The van der Waals surface area contributed by atoms with Crippen molar-refractivity contribution in [1.29, 1.82) is 0 Å². The molecule has 1 unspecified atom stereocenters. The van der Waals surface area contributed by atoms with Crippen LogP contribution < -0.4 is 10.6 Å². The van der Waals surface area contributed by atoms with Crippen molar-refractivity contribution in [3.05, 3.63) is 41.0 Å². The molecule has 0 saturated carbocycles. The van der Waals surface area contributed by atoms with E-state index >= 15 is 0 Å². The molecule has 2 aromatic rings. The van der Waals surface area contributed by atoms with Crippen molar-refractivity contribution in [1.82, 2.24) is 20.5 Å². The van der Waals surface area contributed by atoms with E-state index in [-0.39, 0.29) is 30.0 Å². The highest BCUT2D eigenvalue weighted by atomic mass is 127. The number of rotatable bonds is 6. The van der Waals surface area contributed by atoms with Gasteiger partial charge in [-0.1, -0.05) is 0 Å². The number of hydrogen-bond acceptors (Lipinski definition) is 5.